The second kappa shape index (κ2) is 14.3. The summed E-state index contributed by atoms with van der Waals surface area (Å²) in [5, 5.41) is 19.1. The summed E-state index contributed by atoms with van der Waals surface area (Å²) in [5.74, 6) is 0.140. The molecular weight excluding hydrogens is 388 g/mol. The monoisotopic (exact) mass is 424 g/mol. The highest BCUT2D eigenvalue weighted by molar-refractivity contribution is 5.70. The molecule has 0 bridgehead atoms. The summed E-state index contributed by atoms with van der Waals surface area (Å²) in [6.07, 6.45) is 14.1. The van der Waals surface area contributed by atoms with Crippen molar-refractivity contribution >= 4 is 5.97 Å². The molecule has 0 fully saturated rings. The first-order valence-corrected chi connectivity index (χ1v) is 11.5. The normalized spacial score (nSPS) is 11.3. The Bertz CT molecular complexity index is 732. The zero-order valence-electron chi connectivity index (χ0n) is 18.6. The van der Waals surface area contributed by atoms with Crippen molar-refractivity contribution in [3.05, 3.63) is 72.0 Å². The number of unbranched alkanes of at least 4 members (excludes halogenated alkanes) is 7. The third kappa shape index (κ3) is 9.73. The van der Waals surface area contributed by atoms with E-state index in [9.17, 15) is 15.0 Å². The van der Waals surface area contributed by atoms with Gasteiger partial charge in [0, 0.05) is 12.3 Å². The lowest BCUT2D eigenvalue weighted by atomic mass is 9.87. The highest BCUT2D eigenvalue weighted by Gasteiger charge is 2.16. The van der Waals surface area contributed by atoms with E-state index in [0.29, 0.717) is 6.42 Å². The van der Waals surface area contributed by atoms with Crippen molar-refractivity contribution in [1.29, 1.82) is 0 Å². The summed E-state index contributed by atoms with van der Waals surface area (Å²) in [6.45, 7) is 2.23. The Morgan fingerprint density at radius 1 is 0.839 bits per heavy atom. The Morgan fingerprint density at radius 3 is 1.90 bits per heavy atom. The van der Waals surface area contributed by atoms with Crippen molar-refractivity contribution in [2.45, 2.75) is 77.0 Å². The van der Waals surface area contributed by atoms with Crippen LogP contribution in [0.1, 0.15) is 88.2 Å². The van der Waals surface area contributed by atoms with E-state index in [-0.39, 0.29) is 29.8 Å². The molecule has 0 unspecified atom stereocenters. The smallest absolute Gasteiger partial charge is 0.310 e. The van der Waals surface area contributed by atoms with Gasteiger partial charge in [0.05, 0.1) is 6.26 Å². The SMILES string of the molecule is CCCCCCCCCC=COC(=O)CCC(c1ccc(O)cc1)c1ccc(O)cc1. The lowest BCUT2D eigenvalue weighted by Crippen LogP contribution is -2.06. The van der Waals surface area contributed by atoms with E-state index in [1.807, 2.05) is 30.3 Å². The number of esters is 1. The quantitative estimate of drug-likeness (QED) is 0.191. The molecule has 4 heteroatoms. The molecule has 2 N–H and O–H groups in total. The molecule has 0 radical (unpaired) electrons. The highest BCUT2D eigenvalue weighted by atomic mass is 16.5. The molecule has 2 aromatic carbocycles. The molecule has 0 spiro atoms. The van der Waals surface area contributed by atoms with Gasteiger partial charge in [-0.1, -0.05) is 69.7 Å². The Morgan fingerprint density at radius 2 is 1.35 bits per heavy atom. The molecule has 4 nitrogen and oxygen atoms in total. The maximum atomic E-state index is 12.2. The average Bonchev–Trinajstić information content (AvgIpc) is 2.77. The van der Waals surface area contributed by atoms with Gasteiger partial charge in [-0.2, -0.15) is 0 Å². The molecule has 0 saturated heterocycles. The molecule has 0 aromatic heterocycles. The van der Waals surface area contributed by atoms with Crippen LogP contribution >= 0.6 is 0 Å². The van der Waals surface area contributed by atoms with E-state index in [1.54, 1.807) is 24.3 Å². The van der Waals surface area contributed by atoms with Crippen LogP contribution in [-0.4, -0.2) is 16.2 Å². The number of benzene rings is 2. The van der Waals surface area contributed by atoms with Crippen molar-refractivity contribution in [3.8, 4) is 11.5 Å². The third-order valence-corrected chi connectivity index (χ3v) is 5.50. The van der Waals surface area contributed by atoms with Gasteiger partial charge in [0.25, 0.3) is 0 Å². The zero-order valence-corrected chi connectivity index (χ0v) is 18.6. The van der Waals surface area contributed by atoms with E-state index in [1.165, 1.54) is 44.8 Å². The molecule has 2 aromatic rings. The highest BCUT2D eigenvalue weighted by Crippen LogP contribution is 2.31. The summed E-state index contributed by atoms with van der Waals surface area (Å²) >= 11 is 0. The molecule has 0 saturated carbocycles. The fraction of sp³-hybridized carbons (Fsp3) is 0.444. The van der Waals surface area contributed by atoms with Crippen LogP contribution in [0.15, 0.2) is 60.9 Å². The van der Waals surface area contributed by atoms with Crippen LogP contribution in [0, 0.1) is 0 Å². The number of allylic oxidation sites excluding steroid dienone is 1. The minimum absolute atomic E-state index is 0.0227. The summed E-state index contributed by atoms with van der Waals surface area (Å²) in [6, 6.07) is 14.0. The van der Waals surface area contributed by atoms with E-state index < -0.39 is 0 Å². The van der Waals surface area contributed by atoms with Gasteiger partial charge in [-0.3, -0.25) is 4.79 Å². The Balaban J connectivity index is 1.77. The third-order valence-electron chi connectivity index (χ3n) is 5.50. The van der Waals surface area contributed by atoms with Gasteiger partial charge in [0.1, 0.15) is 11.5 Å². The van der Waals surface area contributed by atoms with Crippen molar-refractivity contribution in [2.24, 2.45) is 0 Å². The number of hydrogen-bond donors (Lipinski definition) is 2. The second-order valence-corrected chi connectivity index (χ2v) is 8.05. The standard InChI is InChI=1S/C27H36O4/c1-2-3-4-5-6-7-8-9-10-21-31-27(30)20-19-26(22-11-15-24(28)16-12-22)23-13-17-25(29)18-14-23/h10-18,21,26,28-29H,2-9,19-20H2,1H3. The lowest BCUT2D eigenvalue weighted by molar-refractivity contribution is -0.138. The first kappa shape index (κ1) is 24.5. The van der Waals surface area contributed by atoms with Gasteiger partial charge in [-0.15, -0.1) is 0 Å². The maximum Gasteiger partial charge on any atom is 0.310 e. The van der Waals surface area contributed by atoms with E-state index in [4.69, 9.17) is 4.74 Å². The van der Waals surface area contributed by atoms with Crippen LogP contribution in [0.25, 0.3) is 0 Å². The van der Waals surface area contributed by atoms with Crippen LogP contribution in [-0.2, 0) is 9.53 Å². The fourth-order valence-electron chi connectivity index (χ4n) is 3.67. The van der Waals surface area contributed by atoms with Crippen molar-refractivity contribution in [3.63, 3.8) is 0 Å². The van der Waals surface area contributed by atoms with Crippen LogP contribution < -0.4 is 0 Å². The van der Waals surface area contributed by atoms with Gasteiger partial charge in [0.15, 0.2) is 0 Å². The van der Waals surface area contributed by atoms with E-state index in [2.05, 4.69) is 6.92 Å². The number of phenols is 2. The molecule has 168 valence electrons. The number of phenolic OH excluding ortho intramolecular Hbond substituents is 2. The molecular formula is C27H36O4. The summed E-state index contributed by atoms with van der Waals surface area (Å²) in [5.41, 5.74) is 2.01. The molecule has 0 atom stereocenters. The van der Waals surface area contributed by atoms with E-state index in [0.717, 1.165) is 24.0 Å². The Hall–Kier alpha value is -2.75. The first-order valence-electron chi connectivity index (χ1n) is 11.5. The number of rotatable bonds is 14. The molecule has 2 rings (SSSR count). The number of hydrogen-bond acceptors (Lipinski definition) is 4. The first-order chi connectivity index (χ1) is 15.1. The summed E-state index contributed by atoms with van der Waals surface area (Å²) in [4.78, 5) is 12.2. The molecule has 0 aliphatic heterocycles. The van der Waals surface area contributed by atoms with Gasteiger partial charge >= 0.3 is 5.97 Å². The number of carbonyl (C=O) groups excluding carboxylic acids is 1. The predicted molar refractivity (Wildman–Crippen MR) is 125 cm³/mol. The van der Waals surface area contributed by atoms with Gasteiger partial charge in [-0.25, -0.2) is 0 Å². The Kier molecular flexibility index (Phi) is 11.3. The number of carbonyl (C=O) groups is 1. The minimum atomic E-state index is -0.252. The predicted octanol–water partition coefficient (Wildman–Crippen LogP) is 7.21. The summed E-state index contributed by atoms with van der Waals surface area (Å²) in [7, 11) is 0. The largest absolute Gasteiger partial charge is 0.508 e. The topological polar surface area (TPSA) is 66.8 Å². The maximum absolute atomic E-state index is 12.2. The zero-order chi connectivity index (χ0) is 22.3. The number of ether oxygens (including phenoxy) is 1. The van der Waals surface area contributed by atoms with Crippen LogP contribution in [0.2, 0.25) is 0 Å². The van der Waals surface area contributed by atoms with Crippen molar-refractivity contribution in [1.82, 2.24) is 0 Å². The molecule has 0 aliphatic carbocycles. The summed E-state index contributed by atoms with van der Waals surface area (Å²) < 4.78 is 5.26. The van der Waals surface area contributed by atoms with E-state index >= 15 is 0 Å². The molecule has 31 heavy (non-hydrogen) atoms. The van der Waals surface area contributed by atoms with Gasteiger partial charge in [0.2, 0.25) is 0 Å². The minimum Gasteiger partial charge on any atom is -0.508 e. The molecule has 0 aliphatic rings. The Labute approximate surface area is 186 Å². The van der Waals surface area contributed by atoms with Crippen LogP contribution in [0.5, 0.6) is 11.5 Å². The van der Waals surface area contributed by atoms with Crippen molar-refractivity contribution < 1.29 is 19.7 Å². The molecule has 0 amide bonds. The van der Waals surface area contributed by atoms with Crippen LogP contribution in [0.4, 0.5) is 0 Å². The lowest BCUT2D eigenvalue weighted by Gasteiger charge is -2.18. The van der Waals surface area contributed by atoms with Crippen LogP contribution in [0.3, 0.4) is 0 Å². The average molecular weight is 425 g/mol. The molecule has 0 heterocycles. The van der Waals surface area contributed by atoms with Crippen molar-refractivity contribution in [2.75, 3.05) is 0 Å². The van der Waals surface area contributed by atoms with Gasteiger partial charge < -0.3 is 14.9 Å². The number of aromatic hydroxyl groups is 2. The van der Waals surface area contributed by atoms with Gasteiger partial charge in [-0.05, 0) is 60.7 Å². The second-order valence-electron chi connectivity index (χ2n) is 8.05. The fourth-order valence-corrected chi connectivity index (χ4v) is 3.67.